The van der Waals surface area contributed by atoms with Crippen molar-refractivity contribution < 1.29 is 18.0 Å². The van der Waals surface area contributed by atoms with Crippen LogP contribution in [0.2, 0.25) is 0 Å². The van der Waals surface area contributed by atoms with Crippen molar-refractivity contribution in [1.82, 2.24) is 5.32 Å². The molecule has 5 nitrogen and oxygen atoms in total. The van der Waals surface area contributed by atoms with Gasteiger partial charge in [0, 0.05) is 5.70 Å². The fraction of sp³-hybridized carbons (Fsp3) is 0.286. The van der Waals surface area contributed by atoms with Gasteiger partial charge in [-0.25, -0.2) is 8.42 Å². The molecule has 0 heterocycles. The maximum absolute atomic E-state index is 12.0. The first kappa shape index (κ1) is 16.1. The van der Waals surface area contributed by atoms with Crippen LogP contribution < -0.4 is 5.32 Å². The zero-order valence-electron chi connectivity index (χ0n) is 11.6. The van der Waals surface area contributed by atoms with E-state index in [4.69, 9.17) is 0 Å². The zero-order chi connectivity index (χ0) is 15.3. The number of benzene rings is 1. The summed E-state index contributed by atoms with van der Waals surface area (Å²) in [6.45, 7) is 4.72. The fourth-order valence-corrected chi connectivity index (χ4v) is 2.73. The summed E-state index contributed by atoms with van der Waals surface area (Å²) in [6.07, 6.45) is 1.23. The Morgan fingerprint density at radius 3 is 2.20 bits per heavy atom. The minimum atomic E-state index is -3.67. The van der Waals surface area contributed by atoms with E-state index >= 15 is 0 Å². The average Bonchev–Trinajstić information content (AvgIpc) is 2.26. The highest BCUT2D eigenvalue weighted by Gasteiger charge is 2.19. The Morgan fingerprint density at radius 1 is 1.15 bits per heavy atom. The number of carbonyl (C=O) groups is 2. The van der Waals surface area contributed by atoms with Gasteiger partial charge in [0.2, 0.25) is 5.91 Å². The minimum absolute atomic E-state index is 0.103. The van der Waals surface area contributed by atoms with Crippen LogP contribution in [-0.2, 0) is 19.4 Å². The van der Waals surface area contributed by atoms with Crippen LogP contribution in [0.15, 0.2) is 40.9 Å². The van der Waals surface area contributed by atoms with Crippen LogP contribution in [0.1, 0.15) is 19.4 Å². The van der Waals surface area contributed by atoms with Crippen molar-refractivity contribution >= 4 is 21.5 Å². The Morgan fingerprint density at radius 2 is 1.70 bits per heavy atom. The van der Waals surface area contributed by atoms with Crippen LogP contribution >= 0.6 is 0 Å². The number of sulfone groups is 1. The summed E-state index contributed by atoms with van der Waals surface area (Å²) in [4.78, 5) is 22.6. The van der Waals surface area contributed by atoms with E-state index in [1.807, 2.05) is 6.92 Å². The van der Waals surface area contributed by atoms with Gasteiger partial charge in [-0.1, -0.05) is 17.7 Å². The van der Waals surface area contributed by atoms with Crippen LogP contribution in [0, 0.1) is 6.92 Å². The lowest BCUT2D eigenvalue weighted by Crippen LogP contribution is -2.29. The molecule has 0 bridgehead atoms. The maximum atomic E-state index is 12.0. The van der Waals surface area contributed by atoms with Gasteiger partial charge in [-0.3, -0.25) is 9.59 Å². The number of nitrogens with one attached hydrogen (secondary N) is 1. The van der Waals surface area contributed by atoms with Crippen molar-refractivity contribution in [2.75, 3.05) is 5.75 Å². The molecule has 108 valence electrons. The molecule has 0 atom stereocenters. The van der Waals surface area contributed by atoms with Crippen LogP contribution in [-0.4, -0.2) is 25.9 Å². The summed E-state index contributed by atoms with van der Waals surface area (Å²) in [5.41, 5.74) is 1.26. The summed E-state index contributed by atoms with van der Waals surface area (Å²) in [5.74, 6) is -1.54. The van der Waals surface area contributed by atoms with Gasteiger partial charge >= 0.3 is 0 Å². The highest BCUT2D eigenvalue weighted by atomic mass is 32.2. The van der Waals surface area contributed by atoms with Gasteiger partial charge in [0.25, 0.3) is 0 Å². The lowest BCUT2D eigenvalue weighted by atomic mass is 10.2. The molecule has 0 aromatic heterocycles. The summed E-state index contributed by atoms with van der Waals surface area (Å²) in [5, 5.41) is 2.37. The number of ketones is 1. The van der Waals surface area contributed by atoms with Crippen molar-refractivity contribution in [2.45, 2.75) is 25.7 Å². The molecule has 0 aliphatic heterocycles. The highest BCUT2D eigenvalue weighted by Crippen LogP contribution is 2.12. The molecule has 1 N–H and O–H groups in total. The predicted octanol–water partition coefficient (Wildman–Crippen LogP) is 1.38. The number of rotatable bonds is 5. The number of aryl methyl sites for hydroxylation is 1. The van der Waals surface area contributed by atoms with Gasteiger partial charge in [-0.15, -0.1) is 0 Å². The lowest BCUT2D eigenvalue weighted by Gasteiger charge is -2.06. The third kappa shape index (κ3) is 4.97. The van der Waals surface area contributed by atoms with Gasteiger partial charge < -0.3 is 5.32 Å². The number of amides is 1. The van der Waals surface area contributed by atoms with Gasteiger partial charge in [-0.2, -0.15) is 0 Å². The number of allylic oxidation sites excluding steroid dienone is 2. The molecule has 1 rings (SSSR count). The third-order valence-electron chi connectivity index (χ3n) is 2.46. The molecule has 0 radical (unpaired) electrons. The number of hydrogen-bond donors (Lipinski definition) is 1. The molecule has 20 heavy (non-hydrogen) atoms. The molecular formula is C14H17NO4S. The Labute approximate surface area is 118 Å². The SMILES string of the molecule is CC(=O)/C=C(\C)NC(=O)CS(=O)(=O)c1ccc(C)cc1. The normalized spacial score (nSPS) is 12.1. The molecule has 0 spiro atoms. The molecule has 0 unspecified atom stereocenters. The van der Waals surface area contributed by atoms with Crippen molar-refractivity contribution in [1.29, 1.82) is 0 Å². The van der Waals surface area contributed by atoms with E-state index in [2.05, 4.69) is 5.32 Å². The van der Waals surface area contributed by atoms with E-state index in [0.29, 0.717) is 5.70 Å². The molecule has 0 saturated carbocycles. The molecule has 0 saturated heterocycles. The number of hydrogen-bond acceptors (Lipinski definition) is 4. The Hall–Kier alpha value is -1.95. The molecule has 0 aliphatic carbocycles. The smallest absolute Gasteiger partial charge is 0.239 e. The van der Waals surface area contributed by atoms with Crippen molar-refractivity contribution in [2.24, 2.45) is 0 Å². The van der Waals surface area contributed by atoms with E-state index in [0.717, 1.165) is 5.56 Å². The van der Waals surface area contributed by atoms with E-state index in [-0.39, 0.29) is 10.7 Å². The molecule has 0 aliphatic rings. The molecule has 1 amide bonds. The lowest BCUT2D eigenvalue weighted by molar-refractivity contribution is -0.117. The van der Waals surface area contributed by atoms with E-state index in [9.17, 15) is 18.0 Å². The van der Waals surface area contributed by atoms with Gasteiger partial charge in [0.05, 0.1) is 4.90 Å². The topological polar surface area (TPSA) is 80.3 Å². The summed E-state index contributed by atoms with van der Waals surface area (Å²) < 4.78 is 24.0. The van der Waals surface area contributed by atoms with Crippen LogP contribution in [0.3, 0.4) is 0 Å². The van der Waals surface area contributed by atoms with Crippen molar-refractivity contribution in [3.63, 3.8) is 0 Å². The second-order valence-electron chi connectivity index (χ2n) is 4.56. The second kappa shape index (κ2) is 6.47. The van der Waals surface area contributed by atoms with Gasteiger partial charge in [0.15, 0.2) is 15.6 Å². The first-order valence-corrected chi connectivity index (χ1v) is 7.64. The van der Waals surface area contributed by atoms with E-state index < -0.39 is 21.5 Å². The molecule has 1 aromatic rings. The zero-order valence-corrected chi connectivity index (χ0v) is 12.5. The first-order valence-electron chi connectivity index (χ1n) is 5.99. The first-order chi connectivity index (χ1) is 9.20. The third-order valence-corrected chi connectivity index (χ3v) is 4.09. The van der Waals surface area contributed by atoms with Gasteiger partial charge in [-0.05, 0) is 39.0 Å². The number of carbonyl (C=O) groups excluding carboxylic acids is 2. The highest BCUT2D eigenvalue weighted by molar-refractivity contribution is 7.92. The van der Waals surface area contributed by atoms with Crippen LogP contribution in [0.4, 0.5) is 0 Å². The largest absolute Gasteiger partial charge is 0.329 e. The van der Waals surface area contributed by atoms with Crippen molar-refractivity contribution in [3.8, 4) is 0 Å². The Bertz CT molecular complexity index is 642. The van der Waals surface area contributed by atoms with Gasteiger partial charge in [0.1, 0.15) is 5.75 Å². The second-order valence-corrected chi connectivity index (χ2v) is 6.55. The Balaban J connectivity index is 2.79. The molecule has 1 aromatic carbocycles. The standard InChI is InChI=1S/C14H17NO4S/c1-10-4-6-13(7-5-10)20(18,19)9-14(17)15-11(2)8-12(3)16/h4-8H,9H2,1-3H3,(H,15,17)/b11-8+. The quantitative estimate of drug-likeness (QED) is 0.832. The fourth-order valence-electron chi connectivity index (χ4n) is 1.60. The molecule has 0 fully saturated rings. The van der Waals surface area contributed by atoms with E-state index in [1.165, 1.54) is 32.1 Å². The summed E-state index contributed by atoms with van der Waals surface area (Å²) in [6, 6.07) is 6.28. The Kier molecular flexibility index (Phi) is 5.21. The summed E-state index contributed by atoms with van der Waals surface area (Å²) >= 11 is 0. The minimum Gasteiger partial charge on any atom is -0.329 e. The molecular weight excluding hydrogens is 278 g/mol. The van der Waals surface area contributed by atoms with Crippen LogP contribution in [0.5, 0.6) is 0 Å². The van der Waals surface area contributed by atoms with Crippen LogP contribution in [0.25, 0.3) is 0 Å². The molecule has 6 heteroatoms. The average molecular weight is 295 g/mol. The van der Waals surface area contributed by atoms with E-state index in [1.54, 1.807) is 12.1 Å². The monoisotopic (exact) mass is 295 g/mol. The maximum Gasteiger partial charge on any atom is 0.239 e. The predicted molar refractivity (Wildman–Crippen MR) is 75.8 cm³/mol. The summed E-state index contributed by atoms with van der Waals surface area (Å²) in [7, 11) is -3.67. The van der Waals surface area contributed by atoms with Crippen molar-refractivity contribution in [3.05, 3.63) is 41.6 Å².